The van der Waals surface area contributed by atoms with Crippen molar-refractivity contribution in [2.75, 3.05) is 11.5 Å². The molecule has 1 N–H and O–H groups in total. The van der Waals surface area contributed by atoms with E-state index in [0.717, 1.165) is 37.0 Å². The van der Waals surface area contributed by atoms with Crippen LogP contribution in [0.25, 0.3) is 0 Å². The summed E-state index contributed by atoms with van der Waals surface area (Å²) in [5.41, 5.74) is -0.688. The van der Waals surface area contributed by atoms with Gasteiger partial charge in [0.25, 0.3) is 5.91 Å². The Hall–Kier alpha value is -1.84. The Kier molecular flexibility index (Phi) is 6.12. The number of morpholine rings is 1. The van der Waals surface area contributed by atoms with Gasteiger partial charge in [-0.15, -0.1) is 11.3 Å². The van der Waals surface area contributed by atoms with Crippen molar-refractivity contribution in [3.05, 3.63) is 15.8 Å². The number of carboxylic acids is 1. The van der Waals surface area contributed by atoms with Crippen molar-refractivity contribution in [3.63, 3.8) is 0 Å². The first-order chi connectivity index (χ1) is 13.5. The summed E-state index contributed by atoms with van der Waals surface area (Å²) in [5, 5.41) is 9.84. The molecule has 29 heavy (non-hydrogen) atoms. The zero-order valence-corrected chi connectivity index (χ0v) is 18.8. The minimum atomic E-state index is -1.02. The van der Waals surface area contributed by atoms with Gasteiger partial charge in [-0.3, -0.25) is 4.79 Å². The summed E-state index contributed by atoms with van der Waals surface area (Å²) in [6.07, 6.45) is 5.59. The quantitative estimate of drug-likeness (QED) is 0.708. The lowest BCUT2D eigenvalue weighted by Gasteiger charge is -2.46. The van der Waals surface area contributed by atoms with Crippen molar-refractivity contribution >= 4 is 28.9 Å². The topological polar surface area (TPSA) is 66.8 Å². The largest absolute Gasteiger partial charge is 0.477 e. The van der Waals surface area contributed by atoms with Crippen LogP contribution in [0.5, 0.6) is 0 Å². The number of carboxylic acid groups (broad SMARTS) is 1. The summed E-state index contributed by atoms with van der Waals surface area (Å²) < 4.78 is 5.93. The molecular weight excluding hydrogens is 386 g/mol. The van der Waals surface area contributed by atoms with Gasteiger partial charge in [0.05, 0.1) is 23.2 Å². The zero-order chi connectivity index (χ0) is 21.4. The monoisotopic (exact) mass is 417 g/mol. The molecule has 158 valence electrons. The van der Waals surface area contributed by atoms with E-state index in [0.29, 0.717) is 23.1 Å². The van der Waals surface area contributed by atoms with Crippen molar-refractivity contribution in [2.24, 2.45) is 11.3 Å². The van der Waals surface area contributed by atoms with Crippen LogP contribution in [0, 0.1) is 23.2 Å². The molecule has 1 aliphatic carbocycles. The molecule has 0 bridgehead atoms. The number of thiophene rings is 1. The minimum Gasteiger partial charge on any atom is -0.477 e. The predicted molar refractivity (Wildman–Crippen MR) is 115 cm³/mol. The third-order valence-corrected chi connectivity index (χ3v) is 6.63. The minimum absolute atomic E-state index is 0.132. The molecule has 1 unspecified atom stereocenters. The summed E-state index contributed by atoms with van der Waals surface area (Å²) in [4.78, 5) is 28.0. The molecular formula is C23H31NO4S. The molecule has 2 fully saturated rings. The summed E-state index contributed by atoms with van der Waals surface area (Å²) in [7, 11) is 0. The molecule has 0 spiro atoms. The van der Waals surface area contributed by atoms with E-state index in [9.17, 15) is 14.7 Å². The molecule has 0 aromatic carbocycles. The Morgan fingerprint density at radius 1 is 1.28 bits per heavy atom. The van der Waals surface area contributed by atoms with Gasteiger partial charge in [0.15, 0.2) is 0 Å². The predicted octanol–water partition coefficient (Wildman–Crippen LogP) is 4.93. The Morgan fingerprint density at radius 2 is 1.93 bits per heavy atom. The lowest BCUT2D eigenvalue weighted by atomic mass is 9.82. The molecule has 1 aromatic rings. The molecule has 2 heterocycles. The molecule has 5 nitrogen and oxygen atoms in total. The summed E-state index contributed by atoms with van der Waals surface area (Å²) in [5.74, 6) is 5.40. The highest BCUT2D eigenvalue weighted by Crippen LogP contribution is 2.40. The maximum atomic E-state index is 13.4. The van der Waals surface area contributed by atoms with Crippen LogP contribution in [0.3, 0.4) is 0 Å². The van der Waals surface area contributed by atoms with E-state index in [2.05, 4.69) is 11.8 Å². The molecule has 1 aromatic heterocycles. The van der Waals surface area contributed by atoms with Crippen LogP contribution in [0.2, 0.25) is 0 Å². The van der Waals surface area contributed by atoms with Gasteiger partial charge in [-0.05, 0) is 59.4 Å². The smallest absolute Gasteiger partial charge is 0.348 e. The van der Waals surface area contributed by atoms with Crippen LogP contribution >= 0.6 is 11.3 Å². The Bertz CT molecular complexity index is 846. The molecule has 6 heteroatoms. The Morgan fingerprint density at radius 3 is 2.52 bits per heavy atom. The van der Waals surface area contributed by atoms with E-state index >= 15 is 0 Å². The SMILES string of the molecule is CC(C)(C)C#Cc1cc(N2C(=O)C(C)(C)OCC2C2CCCCC2)c(C(=O)O)s1. The van der Waals surface area contributed by atoms with Gasteiger partial charge in [0, 0.05) is 5.41 Å². The summed E-state index contributed by atoms with van der Waals surface area (Å²) in [6, 6.07) is 1.65. The lowest BCUT2D eigenvalue weighted by molar-refractivity contribution is -0.149. The van der Waals surface area contributed by atoms with Crippen molar-refractivity contribution in [2.45, 2.75) is 78.4 Å². The van der Waals surface area contributed by atoms with Gasteiger partial charge >= 0.3 is 5.97 Å². The van der Waals surface area contributed by atoms with E-state index in [1.165, 1.54) is 6.42 Å². The van der Waals surface area contributed by atoms with Crippen LogP contribution in [-0.2, 0) is 9.53 Å². The Labute approximate surface area is 177 Å². The van der Waals surface area contributed by atoms with Crippen molar-refractivity contribution in [3.8, 4) is 11.8 Å². The fourth-order valence-electron chi connectivity index (χ4n) is 4.05. The van der Waals surface area contributed by atoms with Gasteiger partial charge in [-0.2, -0.15) is 0 Å². The number of anilines is 1. The van der Waals surface area contributed by atoms with E-state index in [1.54, 1.807) is 24.8 Å². The normalized spacial score (nSPS) is 22.9. The second kappa shape index (κ2) is 8.12. The maximum Gasteiger partial charge on any atom is 0.348 e. The zero-order valence-electron chi connectivity index (χ0n) is 18.0. The maximum absolute atomic E-state index is 13.4. The number of nitrogens with zero attached hydrogens (tertiary/aromatic N) is 1. The molecule has 1 aliphatic heterocycles. The third kappa shape index (κ3) is 4.84. The first-order valence-electron chi connectivity index (χ1n) is 10.4. The van der Waals surface area contributed by atoms with Gasteiger partial charge < -0.3 is 14.7 Å². The van der Waals surface area contributed by atoms with Gasteiger partial charge in [-0.25, -0.2) is 4.79 Å². The highest BCUT2D eigenvalue weighted by Gasteiger charge is 2.46. The molecule has 1 saturated heterocycles. The number of hydrogen-bond donors (Lipinski definition) is 1. The fraction of sp³-hybridized carbons (Fsp3) is 0.652. The number of amides is 1. The van der Waals surface area contributed by atoms with Crippen LogP contribution in [0.4, 0.5) is 5.69 Å². The van der Waals surface area contributed by atoms with Crippen molar-refractivity contribution < 1.29 is 19.4 Å². The Balaban J connectivity index is 2.06. The van der Waals surface area contributed by atoms with E-state index < -0.39 is 11.6 Å². The molecule has 1 atom stereocenters. The van der Waals surface area contributed by atoms with Gasteiger partial charge in [-0.1, -0.05) is 31.1 Å². The average Bonchev–Trinajstić information content (AvgIpc) is 3.06. The lowest BCUT2D eigenvalue weighted by Crippen LogP contribution is -2.61. The average molecular weight is 418 g/mol. The van der Waals surface area contributed by atoms with E-state index in [1.807, 2.05) is 20.8 Å². The van der Waals surface area contributed by atoms with E-state index in [-0.39, 0.29) is 22.2 Å². The first-order valence-corrected chi connectivity index (χ1v) is 11.2. The highest BCUT2D eigenvalue weighted by molar-refractivity contribution is 7.15. The summed E-state index contributed by atoms with van der Waals surface area (Å²) in [6.45, 7) is 9.99. The number of aromatic carboxylic acids is 1. The third-order valence-electron chi connectivity index (χ3n) is 5.60. The first kappa shape index (κ1) is 21.9. The van der Waals surface area contributed by atoms with E-state index in [4.69, 9.17) is 4.74 Å². The van der Waals surface area contributed by atoms with Crippen LogP contribution in [0.15, 0.2) is 6.07 Å². The fourth-order valence-corrected chi connectivity index (χ4v) is 4.89. The van der Waals surface area contributed by atoms with Crippen LogP contribution in [-0.4, -0.2) is 35.2 Å². The summed E-state index contributed by atoms with van der Waals surface area (Å²) >= 11 is 1.14. The molecule has 3 rings (SSSR count). The number of hydrogen-bond acceptors (Lipinski definition) is 4. The number of carbonyl (C=O) groups is 2. The second-order valence-electron chi connectivity index (χ2n) is 9.59. The molecule has 1 saturated carbocycles. The van der Waals surface area contributed by atoms with Gasteiger partial charge in [0.2, 0.25) is 0 Å². The molecule has 0 radical (unpaired) electrons. The molecule has 2 aliphatic rings. The van der Waals surface area contributed by atoms with Crippen molar-refractivity contribution in [1.29, 1.82) is 0 Å². The standard InChI is InChI=1S/C23H31NO4S/c1-22(2,3)12-11-16-13-17(19(29-16)20(25)26)24-18(15-9-7-6-8-10-15)14-28-23(4,5)21(24)27/h13,15,18H,6-10,14H2,1-5H3,(H,25,26). The molecule has 1 amide bonds. The van der Waals surface area contributed by atoms with Crippen LogP contribution < -0.4 is 4.90 Å². The van der Waals surface area contributed by atoms with Gasteiger partial charge in [0.1, 0.15) is 10.5 Å². The second-order valence-corrected chi connectivity index (χ2v) is 10.6. The van der Waals surface area contributed by atoms with Crippen molar-refractivity contribution in [1.82, 2.24) is 0 Å². The number of ether oxygens (including phenoxy) is 1. The number of rotatable bonds is 3. The van der Waals surface area contributed by atoms with Crippen LogP contribution in [0.1, 0.15) is 81.3 Å². The number of carbonyl (C=O) groups excluding carboxylic acids is 1. The highest BCUT2D eigenvalue weighted by atomic mass is 32.1.